The Kier molecular flexibility index (Phi) is 6.05. The lowest BCUT2D eigenvalue weighted by Crippen LogP contribution is -2.45. The summed E-state index contributed by atoms with van der Waals surface area (Å²) >= 11 is 0. The highest BCUT2D eigenvalue weighted by atomic mass is 16.5. The van der Waals surface area contributed by atoms with Gasteiger partial charge in [-0.05, 0) is 43.0 Å². The van der Waals surface area contributed by atoms with E-state index in [9.17, 15) is 9.59 Å². The molecule has 1 N–H and O–H groups in total. The van der Waals surface area contributed by atoms with Crippen molar-refractivity contribution < 1.29 is 14.3 Å². The van der Waals surface area contributed by atoms with E-state index in [-0.39, 0.29) is 23.8 Å². The molecule has 0 aliphatic heterocycles. The third kappa shape index (κ3) is 4.31. The molecule has 26 heavy (non-hydrogen) atoms. The molecule has 1 aliphatic rings. The number of benzene rings is 2. The first-order valence-corrected chi connectivity index (χ1v) is 9.32. The fraction of sp³-hybridized carbons (Fsp3) is 0.364. The zero-order chi connectivity index (χ0) is 18.4. The summed E-state index contributed by atoms with van der Waals surface area (Å²) in [5, 5.41) is 3.04. The Morgan fingerprint density at radius 2 is 1.62 bits per heavy atom. The quantitative estimate of drug-likeness (QED) is 0.821. The predicted octanol–water partition coefficient (Wildman–Crippen LogP) is 4.21. The fourth-order valence-corrected chi connectivity index (χ4v) is 3.53. The zero-order valence-corrected chi connectivity index (χ0v) is 15.1. The molecule has 0 bridgehead atoms. The SMILES string of the molecule is CCOC(=O)[C@@H]1CCCCC1NC(=O)c1ccc(-c2ccccc2)cc1. The van der Waals surface area contributed by atoms with E-state index in [1.165, 1.54) is 0 Å². The molecule has 1 unspecified atom stereocenters. The molecule has 3 rings (SSSR count). The second-order valence-corrected chi connectivity index (χ2v) is 6.67. The Bertz CT molecular complexity index is 740. The number of esters is 1. The van der Waals surface area contributed by atoms with Gasteiger partial charge in [-0.25, -0.2) is 0 Å². The molecule has 0 aromatic heterocycles. The van der Waals surface area contributed by atoms with Gasteiger partial charge in [0, 0.05) is 11.6 Å². The molecular weight excluding hydrogens is 326 g/mol. The highest BCUT2D eigenvalue weighted by molar-refractivity contribution is 5.95. The van der Waals surface area contributed by atoms with Crippen molar-refractivity contribution in [2.24, 2.45) is 5.92 Å². The summed E-state index contributed by atoms with van der Waals surface area (Å²) in [6.07, 6.45) is 3.61. The molecule has 0 radical (unpaired) electrons. The van der Waals surface area contributed by atoms with Gasteiger partial charge in [-0.2, -0.15) is 0 Å². The molecule has 1 amide bonds. The van der Waals surface area contributed by atoms with Gasteiger partial charge in [0.15, 0.2) is 0 Å². The van der Waals surface area contributed by atoms with Crippen molar-refractivity contribution in [1.82, 2.24) is 5.32 Å². The van der Waals surface area contributed by atoms with Crippen LogP contribution in [0, 0.1) is 5.92 Å². The molecule has 1 fully saturated rings. The standard InChI is InChI=1S/C22H25NO3/c1-2-26-22(25)19-10-6-7-11-20(19)23-21(24)18-14-12-17(13-15-18)16-8-4-3-5-9-16/h3-5,8-9,12-15,19-20H,2,6-7,10-11H2,1H3,(H,23,24)/t19-,20?/m1/s1. The van der Waals surface area contributed by atoms with Crippen molar-refractivity contribution in [3.05, 3.63) is 60.2 Å². The van der Waals surface area contributed by atoms with Gasteiger partial charge >= 0.3 is 5.97 Å². The topological polar surface area (TPSA) is 55.4 Å². The van der Waals surface area contributed by atoms with Gasteiger partial charge in [0.05, 0.1) is 12.5 Å². The van der Waals surface area contributed by atoms with Crippen molar-refractivity contribution in [3.8, 4) is 11.1 Å². The van der Waals surface area contributed by atoms with Crippen molar-refractivity contribution in [1.29, 1.82) is 0 Å². The van der Waals surface area contributed by atoms with E-state index in [0.29, 0.717) is 12.2 Å². The maximum absolute atomic E-state index is 12.6. The van der Waals surface area contributed by atoms with Crippen LogP contribution in [0.5, 0.6) is 0 Å². The van der Waals surface area contributed by atoms with Gasteiger partial charge in [-0.15, -0.1) is 0 Å². The van der Waals surface area contributed by atoms with Crippen LogP contribution in [0.2, 0.25) is 0 Å². The second-order valence-electron chi connectivity index (χ2n) is 6.67. The highest BCUT2D eigenvalue weighted by Gasteiger charge is 2.33. The number of ether oxygens (including phenoxy) is 1. The summed E-state index contributed by atoms with van der Waals surface area (Å²) in [7, 11) is 0. The zero-order valence-electron chi connectivity index (χ0n) is 15.1. The Balaban J connectivity index is 1.67. The lowest BCUT2D eigenvalue weighted by atomic mass is 9.84. The largest absolute Gasteiger partial charge is 0.466 e. The first kappa shape index (κ1) is 18.2. The Morgan fingerprint density at radius 3 is 2.31 bits per heavy atom. The smallest absolute Gasteiger partial charge is 0.311 e. The van der Waals surface area contributed by atoms with Crippen molar-refractivity contribution in [3.63, 3.8) is 0 Å². The number of nitrogens with one attached hydrogen (secondary N) is 1. The summed E-state index contributed by atoms with van der Waals surface area (Å²) < 4.78 is 5.17. The summed E-state index contributed by atoms with van der Waals surface area (Å²) in [6, 6.07) is 17.5. The highest BCUT2D eigenvalue weighted by Crippen LogP contribution is 2.26. The van der Waals surface area contributed by atoms with Crippen LogP contribution in [-0.2, 0) is 9.53 Å². The van der Waals surface area contributed by atoms with Crippen molar-refractivity contribution in [2.75, 3.05) is 6.61 Å². The summed E-state index contributed by atoms with van der Waals surface area (Å²) in [4.78, 5) is 24.8. The first-order valence-electron chi connectivity index (χ1n) is 9.32. The van der Waals surface area contributed by atoms with Crippen LogP contribution in [0.4, 0.5) is 0 Å². The molecule has 4 nitrogen and oxygen atoms in total. The Labute approximate surface area is 154 Å². The molecule has 4 heteroatoms. The van der Waals surface area contributed by atoms with E-state index >= 15 is 0 Å². The summed E-state index contributed by atoms with van der Waals surface area (Å²) in [6.45, 7) is 2.18. The van der Waals surface area contributed by atoms with Gasteiger partial charge in [0.1, 0.15) is 0 Å². The molecule has 0 spiro atoms. The van der Waals surface area contributed by atoms with Crippen LogP contribution >= 0.6 is 0 Å². The van der Waals surface area contributed by atoms with Gasteiger partial charge in [0.25, 0.3) is 5.91 Å². The van der Waals surface area contributed by atoms with Gasteiger partial charge in [-0.3, -0.25) is 9.59 Å². The van der Waals surface area contributed by atoms with E-state index in [4.69, 9.17) is 4.74 Å². The van der Waals surface area contributed by atoms with E-state index in [0.717, 1.165) is 36.8 Å². The minimum absolute atomic E-state index is 0.134. The molecule has 0 heterocycles. The van der Waals surface area contributed by atoms with E-state index in [2.05, 4.69) is 5.32 Å². The van der Waals surface area contributed by atoms with Crippen LogP contribution in [0.3, 0.4) is 0 Å². The van der Waals surface area contributed by atoms with E-state index in [1.54, 1.807) is 0 Å². The number of hydrogen-bond acceptors (Lipinski definition) is 3. The van der Waals surface area contributed by atoms with Gasteiger partial charge < -0.3 is 10.1 Å². The molecule has 1 saturated carbocycles. The van der Waals surface area contributed by atoms with Crippen LogP contribution in [-0.4, -0.2) is 24.5 Å². The minimum atomic E-state index is -0.240. The number of rotatable bonds is 5. The third-order valence-corrected chi connectivity index (χ3v) is 4.93. The van der Waals surface area contributed by atoms with E-state index in [1.807, 2.05) is 61.5 Å². The summed E-state index contributed by atoms with van der Waals surface area (Å²) in [5.41, 5.74) is 2.80. The lowest BCUT2D eigenvalue weighted by Gasteiger charge is -2.30. The maximum Gasteiger partial charge on any atom is 0.311 e. The number of carbonyl (C=O) groups excluding carboxylic acids is 2. The minimum Gasteiger partial charge on any atom is -0.466 e. The third-order valence-electron chi connectivity index (χ3n) is 4.93. The number of amides is 1. The van der Waals surface area contributed by atoms with Crippen LogP contribution in [0.15, 0.2) is 54.6 Å². The average molecular weight is 351 g/mol. The van der Waals surface area contributed by atoms with Gasteiger partial charge in [-0.1, -0.05) is 55.3 Å². The predicted molar refractivity (Wildman–Crippen MR) is 102 cm³/mol. The fourth-order valence-electron chi connectivity index (χ4n) is 3.53. The summed E-state index contributed by atoms with van der Waals surface area (Å²) in [5.74, 6) is -0.570. The van der Waals surface area contributed by atoms with Crippen molar-refractivity contribution >= 4 is 11.9 Å². The number of carbonyl (C=O) groups is 2. The molecule has 1 aliphatic carbocycles. The maximum atomic E-state index is 12.6. The molecule has 136 valence electrons. The van der Waals surface area contributed by atoms with E-state index < -0.39 is 0 Å². The van der Waals surface area contributed by atoms with Crippen LogP contribution < -0.4 is 5.32 Å². The first-order chi connectivity index (χ1) is 12.7. The van der Waals surface area contributed by atoms with Gasteiger partial charge in [0.2, 0.25) is 0 Å². The van der Waals surface area contributed by atoms with Crippen LogP contribution in [0.25, 0.3) is 11.1 Å². The molecule has 2 atom stereocenters. The lowest BCUT2D eigenvalue weighted by molar-refractivity contribution is -0.150. The molecule has 2 aromatic rings. The number of hydrogen-bond donors (Lipinski definition) is 1. The Morgan fingerprint density at radius 1 is 0.962 bits per heavy atom. The monoisotopic (exact) mass is 351 g/mol. The normalized spacial score (nSPS) is 19.6. The molecular formula is C22H25NO3. The molecule has 2 aromatic carbocycles. The molecule has 0 saturated heterocycles. The Hall–Kier alpha value is -2.62. The van der Waals surface area contributed by atoms with Crippen molar-refractivity contribution in [2.45, 2.75) is 38.6 Å². The average Bonchev–Trinajstić information content (AvgIpc) is 2.69. The van der Waals surface area contributed by atoms with Crippen LogP contribution in [0.1, 0.15) is 43.0 Å². The second kappa shape index (κ2) is 8.65.